The van der Waals surface area contributed by atoms with Crippen LogP contribution in [0.2, 0.25) is 0 Å². The van der Waals surface area contributed by atoms with Gasteiger partial charge in [-0.2, -0.15) is 0 Å². The number of aryl methyl sites for hydroxylation is 1. The van der Waals surface area contributed by atoms with Gasteiger partial charge in [-0.05, 0) is 32.0 Å². The molecule has 0 bridgehead atoms. The van der Waals surface area contributed by atoms with Crippen molar-refractivity contribution in [2.45, 2.75) is 20.0 Å². The first kappa shape index (κ1) is 19.0. The standard InChI is InChI=1S/C17H19N3O6/c1-10-7-14(26-20-10)19-16(22)11(2)25-15(21)9-18-17(23)12-5-4-6-13(8-12)24-3/h4-8,11H,9H2,1-3H3,(H,18,23)(H,19,22). The maximum Gasteiger partial charge on any atom is 0.326 e. The van der Waals surface area contributed by atoms with E-state index < -0.39 is 23.9 Å². The third kappa shape index (κ3) is 5.33. The molecule has 0 saturated heterocycles. The van der Waals surface area contributed by atoms with Crippen LogP contribution in [-0.2, 0) is 14.3 Å². The molecule has 26 heavy (non-hydrogen) atoms. The third-order valence-corrected chi connectivity index (χ3v) is 3.28. The normalized spacial score (nSPS) is 11.3. The van der Waals surface area contributed by atoms with Gasteiger partial charge in [0.25, 0.3) is 11.8 Å². The minimum Gasteiger partial charge on any atom is -0.497 e. The smallest absolute Gasteiger partial charge is 0.326 e. The van der Waals surface area contributed by atoms with Gasteiger partial charge >= 0.3 is 5.97 Å². The van der Waals surface area contributed by atoms with Crippen LogP contribution in [0, 0.1) is 6.92 Å². The molecule has 1 unspecified atom stereocenters. The van der Waals surface area contributed by atoms with Crippen LogP contribution in [0.1, 0.15) is 23.0 Å². The van der Waals surface area contributed by atoms with Gasteiger partial charge in [0.05, 0.1) is 12.8 Å². The lowest BCUT2D eigenvalue weighted by Gasteiger charge is -2.12. The zero-order valence-corrected chi connectivity index (χ0v) is 14.6. The van der Waals surface area contributed by atoms with Gasteiger partial charge < -0.3 is 19.3 Å². The van der Waals surface area contributed by atoms with Crippen LogP contribution in [0.3, 0.4) is 0 Å². The zero-order chi connectivity index (χ0) is 19.1. The van der Waals surface area contributed by atoms with Crippen molar-refractivity contribution in [1.82, 2.24) is 10.5 Å². The van der Waals surface area contributed by atoms with Crippen LogP contribution in [0.25, 0.3) is 0 Å². The van der Waals surface area contributed by atoms with Gasteiger partial charge in [0.15, 0.2) is 6.10 Å². The summed E-state index contributed by atoms with van der Waals surface area (Å²) in [5.74, 6) is -1.11. The van der Waals surface area contributed by atoms with E-state index in [1.165, 1.54) is 26.2 Å². The number of aromatic nitrogens is 1. The molecule has 0 fully saturated rings. The van der Waals surface area contributed by atoms with Crippen LogP contribution in [0.4, 0.5) is 5.88 Å². The molecule has 0 spiro atoms. The van der Waals surface area contributed by atoms with Gasteiger partial charge in [0, 0.05) is 11.6 Å². The summed E-state index contributed by atoms with van der Waals surface area (Å²) in [5.41, 5.74) is 0.939. The molecule has 138 valence electrons. The summed E-state index contributed by atoms with van der Waals surface area (Å²) in [6, 6.07) is 8.00. The molecule has 9 heteroatoms. The summed E-state index contributed by atoms with van der Waals surface area (Å²) >= 11 is 0. The van der Waals surface area contributed by atoms with Crippen LogP contribution in [-0.4, -0.2) is 42.7 Å². The zero-order valence-electron chi connectivity index (χ0n) is 14.6. The van der Waals surface area contributed by atoms with Gasteiger partial charge in [0.2, 0.25) is 5.88 Å². The second kappa shape index (κ2) is 8.65. The number of carbonyl (C=O) groups is 3. The average molecular weight is 361 g/mol. The summed E-state index contributed by atoms with van der Waals surface area (Å²) in [6.45, 7) is 2.73. The molecule has 9 nitrogen and oxygen atoms in total. The number of nitrogens with zero attached hydrogens (tertiary/aromatic N) is 1. The fourth-order valence-corrected chi connectivity index (χ4v) is 1.96. The Morgan fingerprint density at radius 3 is 2.69 bits per heavy atom. The largest absolute Gasteiger partial charge is 0.497 e. The monoisotopic (exact) mass is 361 g/mol. The number of benzene rings is 1. The number of anilines is 1. The van der Waals surface area contributed by atoms with Gasteiger partial charge in [-0.3, -0.25) is 19.7 Å². The van der Waals surface area contributed by atoms with E-state index in [1.807, 2.05) is 0 Å². The van der Waals surface area contributed by atoms with E-state index in [0.717, 1.165) is 0 Å². The Morgan fingerprint density at radius 2 is 2.04 bits per heavy atom. The van der Waals surface area contributed by atoms with Crippen molar-refractivity contribution >= 4 is 23.7 Å². The lowest BCUT2D eigenvalue weighted by atomic mass is 10.2. The Morgan fingerprint density at radius 1 is 1.27 bits per heavy atom. The quantitative estimate of drug-likeness (QED) is 0.713. The Bertz CT molecular complexity index is 801. The molecule has 2 rings (SSSR count). The SMILES string of the molecule is COc1cccc(C(=O)NCC(=O)OC(C)C(=O)Nc2cc(C)no2)c1. The molecular weight excluding hydrogens is 342 g/mol. The van der Waals surface area contributed by atoms with E-state index >= 15 is 0 Å². The number of esters is 1. The molecule has 1 heterocycles. The van der Waals surface area contributed by atoms with E-state index in [0.29, 0.717) is 17.0 Å². The molecule has 0 radical (unpaired) electrons. The van der Waals surface area contributed by atoms with Crippen molar-refractivity contribution in [3.8, 4) is 5.75 Å². The van der Waals surface area contributed by atoms with Crippen LogP contribution in [0.5, 0.6) is 5.75 Å². The summed E-state index contributed by atoms with van der Waals surface area (Å²) in [7, 11) is 1.49. The van der Waals surface area contributed by atoms with Gasteiger partial charge in [-0.25, -0.2) is 0 Å². The number of carbonyl (C=O) groups excluding carboxylic acids is 3. The van der Waals surface area contributed by atoms with E-state index in [2.05, 4.69) is 15.8 Å². The fraction of sp³-hybridized carbons (Fsp3) is 0.294. The molecule has 2 amide bonds. The maximum atomic E-state index is 12.0. The Labute approximate surface area is 149 Å². The number of methoxy groups -OCH3 is 1. The highest BCUT2D eigenvalue weighted by atomic mass is 16.5. The number of ether oxygens (including phenoxy) is 2. The lowest BCUT2D eigenvalue weighted by Crippen LogP contribution is -2.35. The highest BCUT2D eigenvalue weighted by molar-refractivity contribution is 5.97. The van der Waals surface area contributed by atoms with E-state index in [4.69, 9.17) is 14.0 Å². The summed E-state index contributed by atoms with van der Waals surface area (Å²) < 4.78 is 14.8. The highest BCUT2D eigenvalue weighted by Gasteiger charge is 2.20. The van der Waals surface area contributed by atoms with Crippen molar-refractivity contribution in [2.24, 2.45) is 0 Å². The minimum absolute atomic E-state index is 0.154. The first-order chi connectivity index (χ1) is 12.4. The molecule has 0 saturated carbocycles. The number of rotatable bonds is 7. The molecule has 1 atom stereocenters. The predicted octanol–water partition coefficient (Wildman–Crippen LogP) is 1.29. The second-order valence-corrected chi connectivity index (χ2v) is 5.37. The first-order valence-corrected chi connectivity index (χ1v) is 7.75. The average Bonchev–Trinajstić information content (AvgIpc) is 3.04. The number of hydrogen-bond acceptors (Lipinski definition) is 7. The van der Waals surface area contributed by atoms with Crippen LogP contribution >= 0.6 is 0 Å². The summed E-state index contributed by atoms with van der Waals surface area (Å²) in [5, 5.41) is 8.47. The molecule has 0 aliphatic carbocycles. The van der Waals surface area contributed by atoms with E-state index in [1.54, 1.807) is 25.1 Å². The number of nitrogens with one attached hydrogen (secondary N) is 2. The lowest BCUT2D eigenvalue weighted by molar-refractivity contribution is -0.152. The summed E-state index contributed by atoms with van der Waals surface area (Å²) in [4.78, 5) is 35.7. The van der Waals surface area contributed by atoms with Crippen LogP contribution in [0.15, 0.2) is 34.9 Å². The fourth-order valence-electron chi connectivity index (χ4n) is 1.96. The molecule has 0 aliphatic heterocycles. The van der Waals surface area contributed by atoms with Gasteiger partial charge in [-0.1, -0.05) is 11.2 Å². The van der Waals surface area contributed by atoms with Crippen molar-refractivity contribution in [1.29, 1.82) is 0 Å². The molecule has 2 aromatic rings. The van der Waals surface area contributed by atoms with Crippen LogP contribution < -0.4 is 15.4 Å². The van der Waals surface area contributed by atoms with Crippen molar-refractivity contribution in [2.75, 3.05) is 19.0 Å². The Hall–Kier alpha value is -3.36. The Balaban J connectivity index is 1.80. The molecule has 1 aromatic heterocycles. The third-order valence-electron chi connectivity index (χ3n) is 3.28. The van der Waals surface area contributed by atoms with Gasteiger partial charge in [-0.15, -0.1) is 0 Å². The minimum atomic E-state index is -1.07. The second-order valence-electron chi connectivity index (χ2n) is 5.37. The Kier molecular flexibility index (Phi) is 6.31. The highest BCUT2D eigenvalue weighted by Crippen LogP contribution is 2.12. The van der Waals surface area contributed by atoms with E-state index in [9.17, 15) is 14.4 Å². The number of hydrogen-bond donors (Lipinski definition) is 2. The molecular formula is C17H19N3O6. The molecule has 0 aliphatic rings. The van der Waals surface area contributed by atoms with Crippen molar-refractivity contribution in [3.05, 3.63) is 41.6 Å². The maximum absolute atomic E-state index is 12.0. The first-order valence-electron chi connectivity index (χ1n) is 7.75. The number of amides is 2. The molecule has 2 N–H and O–H groups in total. The van der Waals surface area contributed by atoms with Gasteiger partial charge in [0.1, 0.15) is 12.3 Å². The molecule has 1 aromatic carbocycles. The summed E-state index contributed by atoms with van der Waals surface area (Å²) in [6.07, 6.45) is -1.07. The topological polar surface area (TPSA) is 120 Å². The van der Waals surface area contributed by atoms with Crippen molar-refractivity contribution < 1.29 is 28.4 Å². The van der Waals surface area contributed by atoms with Crippen molar-refractivity contribution in [3.63, 3.8) is 0 Å². The predicted molar refractivity (Wildman–Crippen MR) is 90.8 cm³/mol. The van der Waals surface area contributed by atoms with E-state index in [-0.39, 0.29) is 12.4 Å².